The second-order valence-electron chi connectivity index (χ2n) is 8.93. The van der Waals surface area contributed by atoms with E-state index in [1.807, 2.05) is 36.4 Å². The van der Waals surface area contributed by atoms with E-state index in [1.54, 1.807) is 30.0 Å². The Morgan fingerprint density at radius 3 is 2.19 bits per heavy atom. The predicted molar refractivity (Wildman–Crippen MR) is 155 cm³/mol. The first-order chi connectivity index (χ1) is 16.4. The average molecular weight is 544 g/mol. The number of amides is 1. The molecule has 1 saturated heterocycles. The van der Waals surface area contributed by atoms with Gasteiger partial charge in [-0.15, -0.1) is 0 Å². The van der Waals surface area contributed by atoms with E-state index in [0.29, 0.717) is 28.4 Å². The Kier molecular flexibility index (Phi) is 8.67. The van der Waals surface area contributed by atoms with Crippen LogP contribution in [0.3, 0.4) is 0 Å². The molecule has 3 aromatic rings. The summed E-state index contributed by atoms with van der Waals surface area (Å²) in [4.78, 5) is 32.1. The number of anilines is 2. The second kappa shape index (κ2) is 11.2. The number of hydrogen-bond acceptors (Lipinski definition) is 5. The van der Waals surface area contributed by atoms with Gasteiger partial charge in [0.15, 0.2) is 5.78 Å². The van der Waals surface area contributed by atoms with E-state index in [4.69, 9.17) is 11.6 Å². The molecule has 2 N–H and O–H groups in total. The minimum Gasteiger partial charge on any atom is -0.508 e. The lowest BCUT2D eigenvalue weighted by Gasteiger charge is -2.42. The van der Waals surface area contributed by atoms with Gasteiger partial charge in [0.1, 0.15) is 11.2 Å². The number of fused-ring (bicyclic) bond motifs is 1. The molecule has 1 fully saturated rings. The molecular weight excluding hydrogens is 514 g/mol. The van der Waals surface area contributed by atoms with Crippen LogP contribution in [0, 0.1) is 0 Å². The monoisotopic (exact) mass is 543 g/mol. The number of aromatic hydroxyl groups is 1. The maximum absolute atomic E-state index is 14.2. The topological polar surface area (TPSA) is 72.9 Å². The number of nitrogens with one attached hydrogen (secondary N) is 1. The molecular formula is C27H30ClN3O3S2. The Balaban J connectivity index is 0.00000180. The molecule has 3 aromatic carbocycles. The minimum absolute atomic E-state index is 0. The van der Waals surface area contributed by atoms with E-state index in [0.717, 1.165) is 37.4 Å². The van der Waals surface area contributed by atoms with Gasteiger partial charge in [0.25, 0.3) is 0 Å². The number of phenols is 1. The summed E-state index contributed by atoms with van der Waals surface area (Å²) >= 11 is 6.55. The van der Waals surface area contributed by atoms with Crippen LogP contribution >= 0.6 is 38.6 Å². The van der Waals surface area contributed by atoms with Gasteiger partial charge in [-0.05, 0) is 42.3 Å². The minimum atomic E-state index is -1.44. The van der Waals surface area contributed by atoms with Gasteiger partial charge in [0.05, 0.1) is 23.5 Å². The van der Waals surface area contributed by atoms with Gasteiger partial charge in [-0.1, -0.05) is 54.1 Å². The molecule has 9 heteroatoms. The quantitative estimate of drug-likeness (QED) is 0.478. The molecule has 2 aliphatic rings. The summed E-state index contributed by atoms with van der Waals surface area (Å²) < 4.78 is 0. The fourth-order valence-electron chi connectivity index (χ4n) is 4.88. The lowest BCUT2D eigenvalue weighted by Crippen LogP contribution is -2.55. The number of carbonyl (C=O) groups excluding carboxylic acids is 2. The van der Waals surface area contributed by atoms with E-state index in [1.165, 1.54) is 12.1 Å². The van der Waals surface area contributed by atoms with Crippen LogP contribution in [-0.4, -0.2) is 43.0 Å². The van der Waals surface area contributed by atoms with Crippen molar-refractivity contribution in [2.45, 2.75) is 18.9 Å². The van der Waals surface area contributed by atoms with Crippen molar-refractivity contribution in [2.75, 3.05) is 36.0 Å². The van der Waals surface area contributed by atoms with Crippen molar-refractivity contribution in [2.24, 2.45) is 0 Å². The zero-order chi connectivity index (χ0) is 23.9. The Morgan fingerprint density at radius 1 is 0.944 bits per heavy atom. The molecule has 0 radical (unpaired) electrons. The number of benzene rings is 3. The molecule has 0 spiro atoms. The third kappa shape index (κ3) is 4.83. The molecule has 0 saturated carbocycles. The molecule has 6 nitrogen and oxygen atoms in total. The van der Waals surface area contributed by atoms with Crippen molar-refractivity contribution < 1.29 is 14.7 Å². The fourth-order valence-corrected chi connectivity index (χ4v) is 5.08. The first-order valence-electron chi connectivity index (χ1n) is 11.4. The van der Waals surface area contributed by atoms with Crippen molar-refractivity contribution in [3.63, 3.8) is 0 Å². The number of hydrogen-bond donors (Lipinski definition) is 2. The van der Waals surface area contributed by atoms with E-state index in [2.05, 4.69) is 10.2 Å². The predicted octanol–water partition coefficient (Wildman–Crippen LogP) is 4.37. The van der Waals surface area contributed by atoms with E-state index in [-0.39, 0.29) is 44.4 Å². The van der Waals surface area contributed by atoms with Crippen LogP contribution < -0.4 is 15.1 Å². The van der Waals surface area contributed by atoms with Crippen molar-refractivity contribution in [3.05, 3.63) is 88.4 Å². The summed E-state index contributed by atoms with van der Waals surface area (Å²) in [5.74, 6) is -0.487. The van der Waals surface area contributed by atoms with Crippen LogP contribution in [0.1, 0.15) is 28.4 Å². The maximum atomic E-state index is 14.2. The number of ketones is 1. The van der Waals surface area contributed by atoms with Gasteiger partial charge in [-0.3, -0.25) is 9.59 Å². The number of Topliss-reactive ketones (excluding diaryl/α,β-unsaturated/α-hetero) is 1. The summed E-state index contributed by atoms with van der Waals surface area (Å²) in [5, 5.41) is 13.6. The molecule has 0 unspecified atom stereocenters. The summed E-state index contributed by atoms with van der Waals surface area (Å²) in [6.07, 6.45) is 0. The van der Waals surface area contributed by atoms with E-state index in [9.17, 15) is 14.7 Å². The smallest absolute Gasteiger partial charge is 0.245 e. The lowest BCUT2D eigenvalue weighted by molar-refractivity contribution is -0.122. The van der Waals surface area contributed by atoms with Gasteiger partial charge >= 0.3 is 0 Å². The highest BCUT2D eigenvalue weighted by atomic mass is 35.5. The molecule has 190 valence electrons. The van der Waals surface area contributed by atoms with Gasteiger partial charge in [0, 0.05) is 31.2 Å². The molecule has 0 aromatic heterocycles. The largest absolute Gasteiger partial charge is 0.508 e. The lowest BCUT2D eigenvalue weighted by atomic mass is 9.71. The van der Waals surface area contributed by atoms with Gasteiger partial charge in [0.2, 0.25) is 5.91 Å². The Morgan fingerprint density at radius 2 is 1.56 bits per heavy atom. The Bertz CT molecular complexity index is 1250. The molecule has 2 aliphatic heterocycles. The van der Waals surface area contributed by atoms with Crippen LogP contribution in [0.15, 0.2) is 66.7 Å². The number of rotatable bonds is 4. The van der Waals surface area contributed by atoms with Crippen molar-refractivity contribution in [3.8, 4) is 5.75 Å². The van der Waals surface area contributed by atoms with Crippen molar-refractivity contribution in [1.29, 1.82) is 0 Å². The Hall–Kier alpha value is -2.65. The van der Waals surface area contributed by atoms with Crippen LogP contribution in [0.4, 0.5) is 11.4 Å². The number of phenolic OH excluding ortho intramolecular Hbond substituents is 1. The van der Waals surface area contributed by atoms with Crippen LogP contribution in [0.5, 0.6) is 5.75 Å². The highest BCUT2D eigenvalue weighted by Gasteiger charge is 2.52. The molecule has 1 amide bonds. The molecule has 5 rings (SSSR count). The summed E-state index contributed by atoms with van der Waals surface area (Å²) in [6, 6.07) is 19.6. The fraction of sp³-hybridized carbons (Fsp3) is 0.259. The zero-order valence-corrected chi connectivity index (χ0v) is 22.7. The first-order valence-corrected chi connectivity index (χ1v) is 11.8. The standard InChI is InChI=1S/C27H26ClN3O3.2H2S/c1-27(19-7-9-21(32)10-8-19)25(33)24-22(30-13-11-29-12-14-30)15-20(28)16-23(24)31(26(27)34)17-18-5-3-2-4-6-18;;/h2-10,15-16,29,32H,11-14,17H2,1H3;2*1H2/t27-;;/m0../s1. The van der Waals surface area contributed by atoms with Crippen LogP contribution in [0.25, 0.3) is 0 Å². The highest BCUT2D eigenvalue weighted by Crippen LogP contribution is 2.46. The molecule has 2 heterocycles. The average Bonchev–Trinajstić information content (AvgIpc) is 2.86. The SMILES string of the molecule is C[C@]1(c2ccc(O)cc2)C(=O)c2c(N3CCNCC3)cc(Cl)cc2N(Cc2ccccc2)C1=O.S.S. The summed E-state index contributed by atoms with van der Waals surface area (Å²) in [7, 11) is 0. The zero-order valence-electron chi connectivity index (χ0n) is 19.9. The van der Waals surface area contributed by atoms with Crippen molar-refractivity contribution in [1.82, 2.24) is 5.32 Å². The third-order valence-electron chi connectivity index (χ3n) is 6.79. The normalized spacial score (nSPS) is 19.3. The number of carbonyl (C=O) groups is 2. The van der Waals surface area contributed by atoms with Gasteiger partial charge in [-0.2, -0.15) is 27.0 Å². The number of nitrogens with zero attached hydrogens (tertiary/aromatic N) is 2. The van der Waals surface area contributed by atoms with Gasteiger partial charge < -0.3 is 20.2 Å². The van der Waals surface area contributed by atoms with Gasteiger partial charge in [-0.25, -0.2) is 0 Å². The summed E-state index contributed by atoms with van der Waals surface area (Å²) in [5.41, 5.74) is 1.86. The second-order valence-corrected chi connectivity index (χ2v) is 9.37. The molecule has 1 atom stereocenters. The number of halogens is 1. The van der Waals surface area contributed by atoms with Crippen molar-refractivity contribution >= 4 is 61.7 Å². The van der Waals surface area contributed by atoms with Crippen LogP contribution in [0.2, 0.25) is 5.02 Å². The van der Waals surface area contributed by atoms with E-state index < -0.39 is 5.41 Å². The summed E-state index contributed by atoms with van der Waals surface area (Å²) in [6.45, 7) is 5.08. The Labute approximate surface area is 230 Å². The highest BCUT2D eigenvalue weighted by molar-refractivity contribution is 7.59. The molecule has 0 bridgehead atoms. The molecule has 0 aliphatic carbocycles. The third-order valence-corrected chi connectivity index (χ3v) is 7.01. The van der Waals surface area contributed by atoms with E-state index >= 15 is 0 Å². The first kappa shape index (κ1) is 27.9. The molecule has 36 heavy (non-hydrogen) atoms. The number of piperazine rings is 1. The maximum Gasteiger partial charge on any atom is 0.245 e. The van der Waals surface area contributed by atoms with Crippen LogP contribution in [-0.2, 0) is 16.8 Å².